The number of halogens is 1. The number of hydrogen-bond acceptors (Lipinski definition) is 3. The number of aliphatic hydroxyl groups excluding tert-OH is 1. The average Bonchev–Trinajstić information content (AvgIpc) is 2.73. The first-order chi connectivity index (χ1) is 13.6. The number of rotatable bonds is 11. The van der Waals surface area contributed by atoms with Crippen LogP contribution in [0.1, 0.15) is 57.1 Å². The Morgan fingerprint density at radius 3 is 2.32 bits per heavy atom. The molecule has 2 rings (SSSR count). The summed E-state index contributed by atoms with van der Waals surface area (Å²) in [4.78, 5) is 13.3. The van der Waals surface area contributed by atoms with E-state index in [1.807, 2.05) is 37.3 Å². The van der Waals surface area contributed by atoms with Crippen LogP contribution in [0, 0.1) is 5.82 Å². The maximum absolute atomic E-state index is 13.3. The van der Waals surface area contributed by atoms with Crippen LogP contribution in [0.4, 0.5) is 4.39 Å². The number of esters is 1. The minimum Gasteiger partial charge on any atom is -0.462 e. The predicted octanol–water partition coefficient (Wildman–Crippen LogP) is 5.20. The van der Waals surface area contributed by atoms with Crippen molar-refractivity contribution in [3.05, 3.63) is 71.5 Å². The molecule has 1 N–H and O–H groups in total. The summed E-state index contributed by atoms with van der Waals surface area (Å²) in [6.07, 6.45) is 4.87. The molecule has 0 fully saturated rings. The Morgan fingerprint density at radius 2 is 1.75 bits per heavy atom. The van der Waals surface area contributed by atoms with Gasteiger partial charge in [-0.2, -0.15) is 0 Å². The lowest BCUT2D eigenvalue weighted by Gasteiger charge is -2.32. The van der Waals surface area contributed by atoms with Gasteiger partial charge in [0.2, 0.25) is 0 Å². The van der Waals surface area contributed by atoms with Crippen molar-refractivity contribution in [1.82, 2.24) is 0 Å². The Balaban J connectivity index is 2.31. The van der Waals surface area contributed by atoms with E-state index < -0.39 is 11.4 Å². The van der Waals surface area contributed by atoms with E-state index in [0.717, 1.165) is 37.7 Å². The second-order valence-electron chi connectivity index (χ2n) is 7.34. The minimum atomic E-state index is -1.21. The number of unbranched alkanes of at least 4 members (excludes halogenated alkanes) is 2. The number of carbonyl (C=O) groups excluding carboxylic acids is 1. The van der Waals surface area contributed by atoms with E-state index in [4.69, 9.17) is 4.74 Å². The van der Waals surface area contributed by atoms with Gasteiger partial charge in [-0.05, 0) is 48.9 Å². The molecule has 2 aromatic carbocycles. The smallest absolute Gasteiger partial charge is 0.319 e. The fourth-order valence-electron chi connectivity index (χ4n) is 3.44. The minimum absolute atomic E-state index is 0.165. The summed E-state index contributed by atoms with van der Waals surface area (Å²) < 4.78 is 19.2. The van der Waals surface area contributed by atoms with Crippen molar-refractivity contribution in [3.63, 3.8) is 0 Å². The van der Waals surface area contributed by atoms with E-state index in [-0.39, 0.29) is 24.9 Å². The molecule has 2 atom stereocenters. The van der Waals surface area contributed by atoms with Crippen molar-refractivity contribution in [2.24, 2.45) is 0 Å². The highest BCUT2D eigenvalue weighted by Gasteiger charge is 2.42. The van der Waals surface area contributed by atoms with Crippen molar-refractivity contribution < 1.29 is 19.0 Å². The summed E-state index contributed by atoms with van der Waals surface area (Å²) >= 11 is 0. The van der Waals surface area contributed by atoms with Crippen molar-refractivity contribution >= 4 is 5.97 Å². The van der Waals surface area contributed by atoms with Crippen LogP contribution in [-0.2, 0) is 21.4 Å². The van der Waals surface area contributed by atoms with Gasteiger partial charge in [0.15, 0.2) is 0 Å². The second kappa shape index (κ2) is 11.0. The zero-order chi connectivity index (χ0) is 20.4. The molecular formula is C24H31FO3. The van der Waals surface area contributed by atoms with Crippen LogP contribution in [0.15, 0.2) is 54.6 Å². The van der Waals surface area contributed by atoms with Gasteiger partial charge in [-0.25, -0.2) is 4.39 Å². The zero-order valence-corrected chi connectivity index (χ0v) is 16.9. The molecule has 0 aliphatic rings. The fraction of sp³-hybridized carbons (Fsp3) is 0.458. The van der Waals surface area contributed by atoms with Crippen LogP contribution >= 0.6 is 0 Å². The standard InChI is InChI=1S/C24H31FO3/c1-3-5-7-12-22(4-2)28-23(27)24(18-26,20-10-8-6-9-11-20)17-19-13-15-21(25)16-14-19/h6,8-11,13-16,22,26H,3-5,7,12,17-18H2,1-2H3. The molecule has 4 heteroatoms. The molecule has 2 aromatic rings. The van der Waals surface area contributed by atoms with Crippen molar-refractivity contribution in [3.8, 4) is 0 Å². The van der Waals surface area contributed by atoms with Crippen molar-refractivity contribution in [2.45, 2.75) is 63.9 Å². The Hall–Kier alpha value is -2.20. The third kappa shape index (κ3) is 5.65. The SMILES string of the molecule is CCCCCC(CC)OC(=O)C(CO)(Cc1ccc(F)cc1)c1ccccc1. The molecule has 152 valence electrons. The highest BCUT2D eigenvalue weighted by Crippen LogP contribution is 2.31. The molecule has 2 unspecified atom stereocenters. The van der Waals surface area contributed by atoms with Crippen LogP contribution in [-0.4, -0.2) is 23.8 Å². The maximum Gasteiger partial charge on any atom is 0.319 e. The third-order valence-electron chi connectivity index (χ3n) is 5.26. The predicted molar refractivity (Wildman–Crippen MR) is 110 cm³/mol. The van der Waals surface area contributed by atoms with Gasteiger partial charge in [-0.1, -0.05) is 69.2 Å². The third-order valence-corrected chi connectivity index (χ3v) is 5.26. The molecule has 0 heterocycles. The van der Waals surface area contributed by atoms with Crippen molar-refractivity contribution in [2.75, 3.05) is 6.61 Å². The molecule has 0 radical (unpaired) electrons. The number of ether oxygens (including phenoxy) is 1. The molecule has 0 saturated carbocycles. The van der Waals surface area contributed by atoms with Gasteiger partial charge in [-0.3, -0.25) is 4.79 Å². The van der Waals surface area contributed by atoms with Crippen LogP contribution in [0.5, 0.6) is 0 Å². The largest absolute Gasteiger partial charge is 0.462 e. The van der Waals surface area contributed by atoms with E-state index in [0.29, 0.717) is 5.56 Å². The van der Waals surface area contributed by atoms with Gasteiger partial charge in [0, 0.05) is 0 Å². The molecule has 0 saturated heterocycles. The van der Waals surface area contributed by atoms with E-state index in [1.165, 1.54) is 12.1 Å². The van der Waals surface area contributed by atoms with Gasteiger partial charge in [-0.15, -0.1) is 0 Å². The molecule has 0 aliphatic carbocycles. The lowest BCUT2D eigenvalue weighted by Crippen LogP contribution is -2.44. The van der Waals surface area contributed by atoms with Crippen LogP contribution in [0.25, 0.3) is 0 Å². The molecule has 28 heavy (non-hydrogen) atoms. The summed E-state index contributed by atoms with van der Waals surface area (Å²) in [6, 6.07) is 15.3. The second-order valence-corrected chi connectivity index (χ2v) is 7.34. The van der Waals surface area contributed by atoms with Gasteiger partial charge in [0.05, 0.1) is 6.61 Å². The summed E-state index contributed by atoms with van der Waals surface area (Å²) in [5, 5.41) is 10.3. The number of aliphatic hydroxyl groups is 1. The first kappa shape index (κ1) is 22.1. The summed E-state index contributed by atoms with van der Waals surface area (Å²) in [6.45, 7) is 3.77. The van der Waals surface area contributed by atoms with E-state index >= 15 is 0 Å². The highest BCUT2D eigenvalue weighted by atomic mass is 19.1. The van der Waals surface area contributed by atoms with Gasteiger partial charge in [0.1, 0.15) is 17.3 Å². The van der Waals surface area contributed by atoms with Crippen molar-refractivity contribution in [1.29, 1.82) is 0 Å². The molecule has 0 spiro atoms. The van der Waals surface area contributed by atoms with E-state index in [2.05, 4.69) is 6.92 Å². The quantitative estimate of drug-likeness (QED) is 0.426. The molecule has 0 aromatic heterocycles. The molecule has 3 nitrogen and oxygen atoms in total. The summed E-state index contributed by atoms with van der Waals surface area (Å²) in [7, 11) is 0. The summed E-state index contributed by atoms with van der Waals surface area (Å²) in [5.41, 5.74) is 0.266. The normalized spacial score (nSPS) is 14.3. The topological polar surface area (TPSA) is 46.5 Å². The number of carbonyl (C=O) groups is 1. The summed E-state index contributed by atoms with van der Waals surface area (Å²) in [5.74, 6) is -0.753. The number of hydrogen-bond donors (Lipinski definition) is 1. The van der Waals surface area contributed by atoms with Gasteiger partial charge < -0.3 is 9.84 Å². The van der Waals surface area contributed by atoms with Crippen LogP contribution in [0.3, 0.4) is 0 Å². The van der Waals surface area contributed by atoms with E-state index in [1.54, 1.807) is 12.1 Å². The van der Waals surface area contributed by atoms with Gasteiger partial charge in [0.25, 0.3) is 0 Å². The maximum atomic E-state index is 13.3. The first-order valence-electron chi connectivity index (χ1n) is 10.2. The zero-order valence-electron chi connectivity index (χ0n) is 16.9. The average molecular weight is 387 g/mol. The Bertz CT molecular complexity index is 714. The monoisotopic (exact) mass is 386 g/mol. The lowest BCUT2D eigenvalue weighted by molar-refractivity contribution is -0.158. The molecule has 0 amide bonds. The molecular weight excluding hydrogens is 355 g/mol. The Labute approximate surface area is 167 Å². The lowest BCUT2D eigenvalue weighted by atomic mass is 9.76. The molecule has 0 aliphatic heterocycles. The highest BCUT2D eigenvalue weighted by molar-refractivity contribution is 5.84. The Morgan fingerprint density at radius 1 is 1.07 bits per heavy atom. The van der Waals surface area contributed by atoms with Crippen LogP contribution in [0.2, 0.25) is 0 Å². The number of benzene rings is 2. The van der Waals surface area contributed by atoms with E-state index in [9.17, 15) is 14.3 Å². The van der Waals surface area contributed by atoms with Gasteiger partial charge >= 0.3 is 5.97 Å². The van der Waals surface area contributed by atoms with Crippen LogP contribution < -0.4 is 0 Å². The molecule has 0 bridgehead atoms. The fourth-order valence-corrected chi connectivity index (χ4v) is 3.44. The Kier molecular flexibility index (Phi) is 8.65. The first-order valence-corrected chi connectivity index (χ1v) is 10.2.